The Morgan fingerprint density at radius 1 is 1.26 bits per heavy atom. The molecular weight excluding hydrogens is 280 g/mol. The number of rotatable bonds is 5. The van der Waals surface area contributed by atoms with Gasteiger partial charge in [-0.05, 0) is 50.0 Å². The molecule has 2 nitrogen and oxygen atoms in total. The van der Waals surface area contributed by atoms with Crippen molar-refractivity contribution in [2.75, 3.05) is 0 Å². The van der Waals surface area contributed by atoms with Crippen molar-refractivity contribution >= 4 is 11.3 Å². The molecule has 23 heavy (non-hydrogen) atoms. The van der Waals surface area contributed by atoms with Crippen molar-refractivity contribution in [2.45, 2.75) is 54.4 Å². The highest BCUT2D eigenvalue weighted by molar-refractivity contribution is 5.99. The fourth-order valence-corrected chi connectivity index (χ4v) is 1.92. The summed E-state index contributed by atoms with van der Waals surface area (Å²) in [6.45, 7) is 19.0. The van der Waals surface area contributed by atoms with Gasteiger partial charge < -0.3 is 5.73 Å². The minimum Gasteiger partial charge on any atom is -0.384 e. The van der Waals surface area contributed by atoms with E-state index in [0.717, 1.165) is 12.1 Å². The first kappa shape index (κ1) is 23.2. The summed E-state index contributed by atoms with van der Waals surface area (Å²) in [6.07, 6.45) is 6.07. The van der Waals surface area contributed by atoms with Crippen LogP contribution in [0.25, 0.3) is 5.57 Å². The smallest absolute Gasteiger partial charge is 0.116 e. The highest BCUT2D eigenvalue weighted by Gasteiger charge is 1.98. The lowest BCUT2D eigenvalue weighted by Gasteiger charge is -2.05. The third-order valence-electron chi connectivity index (χ3n) is 2.67. The van der Waals surface area contributed by atoms with E-state index in [0.29, 0.717) is 5.82 Å². The molecule has 0 aliphatic carbocycles. The molecule has 0 unspecified atom stereocenters. The maximum Gasteiger partial charge on any atom is 0.116 e. The van der Waals surface area contributed by atoms with Crippen LogP contribution in [0.3, 0.4) is 0 Å². The number of nitrogens with two attached hydrogens (primary N) is 1. The molecule has 0 bridgehead atoms. The van der Waals surface area contributed by atoms with E-state index in [9.17, 15) is 0 Å². The van der Waals surface area contributed by atoms with Crippen LogP contribution in [0, 0.1) is 0 Å². The zero-order valence-electron chi connectivity index (χ0n) is 15.8. The van der Waals surface area contributed by atoms with Crippen LogP contribution in [0.5, 0.6) is 0 Å². The molecule has 0 saturated heterocycles. The van der Waals surface area contributed by atoms with Crippen molar-refractivity contribution in [2.24, 2.45) is 10.7 Å². The van der Waals surface area contributed by atoms with Gasteiger partial charge in [0.15, 0.2) is 0 Å². The van der Waals surface area contributed by atoms with Gasteiger partial charge in [-0.25, -0.2) is 4.99 Å². The number of hydrogen-bond acceptors (Lipinski definition) is 2. The predicted octanol–water partition coefficient (Wildman–Crippen LogP) is 6.15. The number of aliphatic imine (C=N–C) groups is 1. The Hall–Kier alpha value is -2.09. The number of allylic oxidation sites excluding steroid dienone is 3. The molecule has 2 heteroatoms. The van der Waals surface area contributed by atoms with Crippen molar-refractivity contribution in [3.63, 3.8) is 0 Å². The summed E-state index contributed by atoms with van der Waals surface area (Å²) < 4.78 is 0. The third kappa shape index (κ3) is 12.2. The molecule has 0 aliphatic rings. The van der Waals surface area contributed by atoms with Crippen LogP contribution in [0.2, 0.25) is 0 Å². The Kier molecular flexibility index (Phi) is 14.9. The van der Waals surface area contributed by atoms with E-state index in [1.807, 2.05) is 33.8 Å². The molecule has 0 saturated carbocycles. The Morgan fingerprint density at radius 2 is 1.83 bits per heavy atom. The molecule has 1 aromatic carbocycles. The second-order valence-corrected chi connectivity index (χ2v) is 4.93. The van der Waals surface area contributed by atoms with Crippen LogP contribution in [0.15, 0.2) is 60.4 Å². The van der Waals surface area contributed by atoms with Crippen LogP contribution in [-0.2, 0) is 6.42 Å². The lowest BCUT2D eigenvalue weighted by atomic mass is 10.0. The maximum atomic E-state index is 5.46. The van der Waals surface area contributed by atoms with Crippen LogP contribution in [0.4, 0.5) is 0 Å². The summed E-state index contributed by atoms with van der Waals surface area (Å²) in [4.78, 5) is 4.13. The second-order valence-electron chi connectivity index (χ2n) is 4.93. The van der Waals surface area contributed by atoms with E-state index in [-0.39, 0.29) is 0 Å². The van der Waals surface area contributed by atoms with Crippen LogP contribution in [0.1, 0.15) is 59.1 Å². The predicted molar refractivity (Wildman–Crippen MR) is 108 cm³/mol. The van der Waals surface area contributed by atoms with Gasteiger partial charge in [-0.2, -0.15) is 0 Å². The quantitative estimate of drug-likeness (QED) is 0.513. The molecule has 0 atom stereocenters. The first-order chi connectivity index (χ1) is 10.9. The van der Waals surface area contributed by atoms with E-state index in [1.54, 1.807) is 6.08 Å². The summed E-state index contributed by atoms with van der Waals surface area (Å²) in [6, 6.07) is 8.63. The topological polar surface area (TPSA) is 38.4 Å². The van der Waals surface area contributed by atoms with E-state index in [1.165, 1.54) is 23.1 Å². The van der Waals surface area contributed by atoms with Gasteiger partial charge in [0.2, 0.25) is 0 Å². The number of nitrogens with zero attached hydrogens (tertiary/aromatic N) is 1. The standard InChI is InChI=1S/C16H22N2.C3H6.C2H6/c1-5-7-15-8-6-9-16(11-15)12(2)10-13(3)18-14(4)17;1-3-2;1-2/h6,8-11H,4-5,7,17H2,1-3H3;3H,1H2,2H3;1-2H3/b12-10+,18-13-;;. The Balaban J connectivity index is 0. The van der Waals surface area contributed by atoms with Crippen molar-refractivity contribution in [1.29, 1.82) is 0 Å². The zero-order chi connectivity index (χ0) is 18.3. The van der Waals surface area contributed by atoms with E-state index in [4.69, 9.17) is 5.73 Å². The van der Waals surface area contributed by atoms with Crippen molar-refractivity contribution < 1.29 is 0 Å². The minimum atomic E-state index is 0.344. The van der Waals surface area contributed by atoms with Crippen LogP contribution >= 0.6 is 0 Å². The molecule has 1 rings (SSSR count). The van der Waals surface area contributed by atoms with Gasteiger partial charge in [0, 0.05) is 5.71 Å². The summed E-state index contributed by atoms with van der Waals surface area (Å²) in [7, 11) is 0. The molecule has 0 heterocycles. The van der Waals surface area contributed by atoms with E-state index < -0.39 is 0 Å². The van der Waals surface area contributed by atoms with Gasteiger partial charge in [-0.3, -0.25) is 0 Å². The van der Waals surface area contributed by atoms with Crippen molar-refractivity contribution in [3.8, 4) is 0 Å². The van der Waals surface area contributed by atoms with Gasteiger partial charge in [-0.1, -0.05) is 64.1 Å². The van der Waals surface area contributed by atoms with Gasteiger partial charge in [0.1, 0.15) is 5.82 Å². The summed E-state index contributed by atoms with van der Waals surface area (Å²) >= 11 is 0. The average Bonchev–Trinajstić information content (AvgIpc) is 2.50. The molecule has 128 valence electrons. The highest BCUT2D eigenvalue weighted by atomic mass is 14.9. The Labute approximate surface area is 143 Å². The van der Waals surface area contributed by atoms with Gasteiger partial charge in [0.05, 0.1) is 0 Å². The lowest BCUT2D eigenvalue weighted by Crippen LogP contribution is -1.96. The van der Waals surface area contributed by atoms with Crippen LogP contribution < -0.4 is 5.73 Å². The molecule has 0 amide bonds. The monoisotopic (exact) mass is 314 g/mol. The lowest BCUT2D eigenvalue weighted by molar-refractivity contribution is 0.921. The average molecular weight is 315 g/mol. The van der Waals surface area contributed by atoms with Crippen molar-refractivity contribution in [1.82, 2.24) is 0 Å². The molecule has 0 radical (unpaired) electrons. The zero-order valence-corrected chi connectivity index (χ0v) is 15.8. The minimum absolute atomic E-state index is 0.344. The van der Waals surface area contributed by atoms with Gasteiger partial charge >= 0.3 is 0 Å². The van der Waals surface area contributed by atoms with E-state index >= 15 is 0 Å². The first-order valence-electron chi connectivity index (χ1n) is 8.28. The van der Waals surface area contributed by atoms with Crippen LogP contribution in [-0.4, -0.2) is 5.71 Å². The van der Waals surface area contributed by atoms with Gasteiger partial charge in [-0.15, -0.1) is 6.58 Å². The fraction of sp³-hybridized carbons (Fsp3) is 0.381. The number of aryl methyl sites for hydroxylation is 1. The molecule has 0 aliphatic heterocycles. The maximum absolute atomic E-state index is 5.46. The summed E-state index contributed by atoms with van der Waals surface area (Å²) in [5, 5.41) is 0. The van der Waals surface area contributed by atoms with E-state index in [2.05, 4.69) is 56.3 Å². The molecule has 0 spiro atoms. The molecule has 0 aromatic heterocycles. The number of hydrogen-bond donors (Lipinski definition) is 1. The molecule has 2 N–H and O–H groups in total. The summed E-state index contributed by atoms with van der Waals surface area (Å²) in [5.41, 5.74) is 10.1. The SMILES string of the molecule is C=C(N)/N=C(C)\C=C(/C)c1cccc(CCC)c1.C=CC.CC. The first-order valence-corrected chi connectivity index (χ1v) is 8.28. The van der Waals surface area contributed by atoms with Gasteiger partial charge in [0.25, 0.3) is 0 Å². The molecule has 0 fully saturated rings. The molecule has 1 aromatic rings. The third-order valence-corrected chi connectivity index (χ3v) is 2.67. The second kappa shape index (κ2) is 14.8. The van der Waals surface area contributed by atoms with Crippen molar-refractivity contribution in [3.05, 3.63) is 66.5 Å². The normalized spacial score (nSPS) is 10.7. The Bertz CT molecular complexity index is 522. The molecular formula is C21H34N2. The summed E-state index contributed by atoms with van der Waals surface area (Å²) in [5.74, 6) is 0.344. The Morgan fingerprint density at radius 3 is 2.30 bits per heavy atom. The fourth-order valence-electron chi connectivity index (χ4n) is 1.92. The highest BCUT2D eigenvalue weighted by Crippen LogP contribution is 2.16. The number of benzene rings is 1. The largest absolute Gasteiger partial charge is 0.384 e.